The molecule has 0 spiro atoms. The van der Waals surface area contributed by atoms with Crippen LogP contribution in [0.25, 0.3) is 11.3 Å². The second-order valence-corrected chi connectivity index (χ2v) is 8.42. The summed E-state index contributed by atoms with van der Waals surface area (Å²) in [6.07, 6.45) is 5.23. The highest BCUT2D eigenvalue weighted by molar-refractivity contribution is 5.86. The van der Waals surface area contributed by atoms with E-state index in [1.54, 1.807) is 18.0 Å². The highest BCUT2D eigenvalue weighted by atomic mass is 16.3. The third-order valence-corrected chi connectivity index (χ3v) is 6.00. The summed E-state index contributed by atoms with van der Waals surface area (Å²) in [5, 5.41) is 13.9. The number of hydrogen-bond donors (Lipinski definition) is 3. The van der Waals surface area contributed by atoms with E-state index in [9.17, 15) is 14.7 Å². The Hall–Kier alpha value is -2.77. The molecule has 7 nitrogen and oxygen atoms in total. The van der Waals surface area contributed by atoms with Gasteiger partial charge in [0.2, 0.25) is 11.8 Å². The maximum atomic E-state index is 13.1. The van der Waals surface area contributed by atoms with Crippen molar-refractivity contribution >= 4 is 11.8 Å². The van der Waals surface area contributed by atoms with Crippen molar-refractivity contribution in [2.45, 2.75) is 44.8 Å². The van der Waals surface area contributed by atoms with Crippen LogP contribution in [0.4, 0.5) is 0 Å². The summed E-state index contributed by atoms with van der Waals surface area (Å²) in [4.78, 5) is 30.7. The molecule has 7 heteroatoms. The Labute approximate surface area is 190 Å². The lowest BCUT2D eigenvalue weighted by Gasteiger charge is -2.34. The maximum Gasteiger partial charge on any atom is 0.226 e. The molecule has 1 aliphatic rings. The van der Waals surface area contributed by atoms with E-state index in [0.29, 0.717) is 25.9 Å². The van der Waals surface area contributed by atoms with Crippen LogP contribution in [0.2, 0.25) is 0 Å². The molecule has 0 saturated carbocycles. The predicted molar refractivity (Wildman–Crippen MR) is 124 cm³/mol. The van der Waals surface area contributed by atoms with Crippen LogP contribution in [-0.2, 0) is 16.0 Å². The molecule has 1 aromatic carbocycles. The first-order valence-electron chi connectivity index (χ1n) is 11.3. The Balaban J connectivity index is 1.73. The van der Waals surface area contributed by atoms with Crippen LogP contribution in [0.5, 0.6) is 0 Å². The molecule has 1 aromatic heterocycles. The SMILES string of the molecule is CC(C[CH]C(=O)N(CCc1cccc(-c2ccccn2)c1)C1CCCNC[C@@H]1O)C(N)=O. The molecule has 32 heavy (non-hydrogen) atoms. The van der Waals surface area contributed by atoms with Crippen molar-refractivity contribution in [2.75, 3.05) is 19.6 Å². The van der Waals surface area contributed by atoms with E-state index in [-0.39, 0.29) is 11.9 Å². The molecule has 2 unspecified atom stereocenters. The van der Waals surface area contributed by atoms with Crippen LogP contribution in [0.3, 0.4) is 0 Å². The summed E-state index contributed by atoms with van der Waals surface area (Å²) in [7, 11) is 0. The lowest BCUT2D eigenvalue weighted by atomic mass is 10.00. The van der Waals surface area contributed by atoms with Crippen molar-refractivity contribution in [3.63, 3.8) is 0 Å². The van der Waals surface area contributed by atoms with Crippen molar-refractivity contribution in [3.8, 4) is 11.3 Å². The number of primary amides is 1. The molecule has 1 saturated heterocycles. The molecule has 1 fully saturated rings. The fraction of sp³-hybridized carbons (Fsp3) is 0.440. The van der Waals surface area contributed by atoms with E-state index in [2.05, 4.69) is 16.4 Å². The lowest BCUT2D eigenvalue weighted by molar-refractivity contribution is -0.132. The molecule has 0 aliphatic carbocycles. The Kier molecular flexibility index (Phi) is 8.76. The molecule has 1 radical (unpaired) electrons. The van der Waals surface area contributed by atoms with Crippen LogP contribution < -0.4 is 11.1 Å². The van der Waals surface area contributed by atoms with Gasteiger partial charge in [-0.1, -0.05) is 31.2 Å². The number of nitrogens with one attached hydrogen (secondary N) is 1. The predicted octanol–water partition coefficient (Wildman–Crippen LogP) is 1.95. The van der Waals surface area contributed by atoms with Gasteiger partial charge in [-0.25, -0.2) is 0 Å². The number of hydrogen-bond acceptors (Lipinski definition) is 5. The molecule has 2 amide bonds. The topological polar surface area (TPSA) is 109 Å². The number of nitrogens with two attached hydrogens (primary N) is 1. The summed E-state index contributed by atoms with van der Waals surface area (Å²) in [5.74, 6) is -0.993. The molecule has 171 valence electrons. The summed E-state index contributed by atoms with van der Waals surface area (Å²) < 4.78 is 0. The largest absolute Gasteiger partial charge is 0.390 e. The maximum absolute atomic E-state index is 13.1. The van der Waals surface area contributed by atoms with Gasteiger partial charge in [-0.15, -0.1) is 0 Å². The fourth-order valence-electron chi connectivity index (χ4n) is 4.00. The van der Waals surface area contributed by atoms with Gasteiger partial charge >= 0.3 is 0 Å². The number of rotatable bonds is 9. The zero-order valence-electron chi connectivity index (χ0n) is 18.6. The number of carbonyl (C=O) groups is 2. The van der Waals surface area contributed by atoms with Gasteiger partial charge in [0.15, 0.2) is 0 Å². The smallest absolute Gasteiger partial charge is 0.226 e. The van der Waals surface area contributed by atoms with Crippen molar-refractivity contribution in [1.82, 2.24) is 15.2 Å². The molecule has 3 atom stereocenters. The fourth-order valence-corrected chi connectivity index (χ4v) is 4.00. The summed E-state index contributed by atoms with van der Waals surface area (Å²) in [5.41, 5.74) is 8.37. The molecule has 2 aromatic rings. The average Bonchev–Trinajstić information content (AvgIpc) is 3.02. The number of aromatic nitrogens is 1. The Morgan fingerprint density at radius 2 is 2.16 bits per heavy atom. The zero-order chi connectivity index (χ0) is 22.9. The quantitative estimate of drug-likeness (QED) is 0.556. The van der Waals surface area contributed by atoms with Crippen LogP contribution >= 0.6 is 0 Å². The van der Waals surface area contributed by atoms with Gasteiger partial charge in [0, 0.05) is 30.8 Å². The van der Waals surface area contributed by atoms with E-state index in [4.69, 9.17) is 5.73 Å². The van der Waals surface area contributed by atoms with Gasteiger partial charge < -0.3 is 21.1 Å². The van der Waals surface area contributed by atoms with E-state index in [1.165, 1.54) is 6.42 Å². The minimum Gasteiger partial charge on any atom is -0.390 e. The number of aliphatic hydroxyl groups excluding tert-OH is 1. The number of carbonyl (C=O) groups excluding carboxylic acids is 2. The first-order valence-corrected chi connectivity index (χ1v) is 11.3. The number of benzene rings is 1. The Morgan fingerprint density at radius 1 is 1.31 bits per heavy atom. The van der Waals surface area contributed by atoms with Crippen molar-refractivity contribution in [2.24, 2.45) is 11.7 Å². The number of amides is 2. The second kappa shape index (κ2) is 11.7. The van der Waals surface area contributed by atoms with Gasteiger partial charge in [-0.3, -0.25) is 14.6 Å². The number of nitrogens with zero attached hydrogens (tertiary/aromatic N) is 2. The molecule has 3 rings (SSSR count). The van der Waals surface area contributed by atoms with E-state index >= 15 is 0 Å². The van der Waals surface area contributed by atoms with Gasteiger partial charge in [-0.05, 0) is 56.0 Å². The van der Waals surface area contributed by atoms with Crippen LogP contribution in [0.15, 0.2) is 48.7 Å². The number of β-amino-alcohol motifs (C(OH)–C–C–N with tert-alkyl or cyclic N) is 1. The molecular formula is C25H33N4O3. The van der Waals surface area contributed by atoms with Gasteiger partial charge in [0.1, 0.15) is 0 Å². The second-order valence-electron chi connectivity index (χ2n) is 8.42. The molecular weight excluding hydrogens is 404 g/mol. The van der Waals surface area contributed by atoms with E-state index < -0.39 is 17.9 Å². The number of aliphatic hydroxyl groups is 1. The van der Waals surface area contributed by atoms with Crippen LogP contribution in [0.1, 0.15) is 31.7 Å². The van der Waals surface area contributed by atoms with Gasteiger partial charge in [0.05, 0.1) is 24.3 Å². The van der Waals surface area contributed by atoms with Gasteiger partial charge in [-0.2, -0.15) is 0 Å². The van der Waals surface area contributed by atoms with Crippen LogP contribution in [0, 0.1) is 12.3 Å². The summed E-state index contributed by atoms with van der Waals surface area (Å²) in [6.45, 7) is 3.48. The minimum absolute atomic E-state index is 0.162. The normalized spacial score (nSPS) is 19.7. The minimum atomic E-state index is -0.636. The zero-order valence-corrected chi connectivity index (χ0v) is 18.6. The first kappa shape index (κ1) is 23.9. The third-order valence-electron chi connectivity index (χ3n) is 6.00. The standard InChI is InChI=1S/C25H33N4O3/c1-18(25(26)32)10-11-24(31)29(22-9-5-13-27-17-23(22)30)15-12-19-6-4-7-20(16-19)21-8-2-3-14-28-21/h2-4,6-8,11,14,16,18,22-23,27,30H,5,9-10,12-13,15,17H2,1H3,(H2,26,32)/t18?,22?,23-/m0/s1. The molecule has 2 heterocycles. The number of pyridine rings is 1. The van der Waals surface area contributed by atoms with Crippen molar-refractivity contribution in [3.05, 3.63) is 60.6 Å². The monoisotopic (exact) mass is 437 g/mol. The average molecular weight is 438 g/mol. The molecule has 4 N–H and O–H groups in total. The van der Waals surface area contributed by atoms with Crippen molar-refractivity contribution < 1.29 is 14.7 Å². The highest BCUT2D eigenvalue weighted by Crippen LogP contribution is 2.21. The van der Waals surface area contributed by atoms with Gasteiger partial charge in [0.25, 0.3) is 0 Å². The first-order chi connectivity index (χ1) is 15.5. The molecule has 1 aliphatic heterocycles. The van der Waals surface area contributed by atoms with Crippen molar-refractivity contribution in [1.29, 1.82) is 0 Å². The lowest BCUT2D eigenvalue weighted by Crippen LogP contribution is -2.49. The third kappa shape index (κ3) is 6.61. The Morgan fingerprint density at radius 3 is 2.91 bits per heavy atom. The Bertz CT molecular complexity index is 890. The van der Waals surface area contributed by atoms with Crippen LogP contribution in [-0.4, -0.2) is 58.6 Å². The molecule has 0 bridgehead atoms. The summed E-state index contributed by atoms with van der Waals surface area (Å²) >= 11 is 0. The summed E-state index contributed by atoms with van der Waals surface area (Å²) in [6, 6.07) is 13.7. The van der Waals surface area contributed by atoms with E-state index in [1.807, 2.05) is 36.4 Å². The highest BCUT2D eigenvalue weighted by Gasteiger charge is 2.31. The van der Waals surface area contributed by atoms with E-state index in [0.717, 1.165) is 36.2 Å².